The molecule has 1 atom stereocenters. The Morgan fingerprint density at radius 1 is 1.33 bits per heavy atom. The molecule has 0 aliphatic carbocycles. The molecule has 15 heavy (non-hydrogen) atoms. The average molecular weight is 204 g/mol. The molecule has 1 saturated heterocycles. The van der Waals surface area contributed by atoms with Crippen molar-refractivity contribution in [3.8, 4) is 0 Å². The molecule has 2 rings (SSSR count). The van der Waals surface area contributed by atoms with Crippen LogP contribution in [0.5, 0.6) is 0 Å². The van der Waals surface area contributed by atoms with Crippen LogP contribution in [0.25, 0.3) is 0 Å². The Kier molecular flexibility index (Phi) is 3.27. The number of para-hydroxylation sites is 1. The molecule has 1 unspecified atom stereocenters. The summed E-state index contributed by atoms with van der Waals surface area (Å²) in [5, 5.41) is 6.99. The topological polar surface area (TPSA) is 24.1 Å². The quantitative estimate of drug-likeness (QED) is 0.790. The molecule has 82 valence electrons. The second-order valence-corrected chi connectivity index (χ2v) is 4.81. The molecule has 1 aromatic carbocycles. The maximum absolute atomic E-state index is 3.51. The van der Waals surface area contributed by atoms with Crippen LogP contribution in [0, 0.1) is 5.41 Å². The van der Waals surface area contributed by atoms with Gasteiger partial charge >= 0.3 is 0 Å². The van der Waals surface area contributed by atoms with Crippen molar-refractivity contribution in [1.82, 2.24) is 5.32 Å². The molecule has 0 aromatic heterocycles. The van der Waals surface area contributed by atoms with Gasteiger partial charge in [0.15, 0.2) is 0 Å². The molecule has 0 bridgehead atoms. The lowest BCUT2D eigenvalue weighted by Crippen LogP contribution is -2.42. The standard InChI is InChI=1S/C13H20N2/c1-13(8-5-9-14-10-13)11-15-12-6-3-2-4-7-12/h2-4,6-7,14-15H,5,8-11H2,1H3. The van der Waals surface area contributed by atoms with E-state index in [2.05, 4.69) is 47.9 Å². The van der Waals surface area contributed by atoms with E-state index in [1.807, 2.05) is 0 Å². The minimum Gasteiger partial charge on any atom is -0.384 e. The van der Waals surface area contributed by atoms with Crippen molar-refractivity contribution >= 4 is 5.69 Å². The number of nitrogens with one attached hydrogen (secondary N) is 2. The van der Waals surface area contributed by atoms with Gasteiger partial charge in [-0.3, -0.25) is 0 Å². The summed E-state index contributed by atoms with van der Waals surface area (Å²) in [4.78, 5) is 0. The molecule has 2 nitrogen and oxygen atoms in total. The van der Waals surface area contributed by atoms with E-state index in [4.69, 9.17) is 0 Å². The van der Waals surface area contributed by atoms with Gasteiger partial charge in [-0.25, -0.2) is 0 Å². The predicted octanol–water partition coefficient (Wildman–Crippen LogP) is 2.49. The molecule has 2 N–H and O–H groups in total. The largest absolute Gasteiger partial charge is 0.384 e. The van der Waals surface area contributed by atoms with Crippen LogP contribution in [0.1, 0.15) is 19.8 Å². The Labute approximate surface area is 92.1 Å². The molecular weight excluding hydrogens is 184 g/mol. The summed E-state index contributed by atoms with van der Waals surface area (Å²) in [5.74, 6) is 0. The summed E-state index contributed by atoms with van der Waals surface area (Å²) in [6, 6.07) is 10.4. The Bertz CT molecular complexity index is 289. The Balaban J connectivity index is 1.87. The third kappa shape index (κ3) is 2.96. The Morgan fingerprint density at radius 2 is 2.13 bits per heavy atom. The van der Waals surface area contributed by atoms with Gasteiger partial charge in [0.2, 0.25) is 0 Å². The van der Waals surface area contributed by atoms with Gasteiger partial charge in [-0.1, -0.05) is 25.1 Å². The lowest BCUT2D eigenvalue weighted by atomic mass is 9.83. The molecule has 1 fully saturated rings. The van der Waals surface area contributed by atoms with Crippen LogP contribution in [0.4, 0.5) is 5.69 Å². The fraction of sp³-hybridized carbons (Fsp3) is 0.538. The number of anilines is 1. The van der Waals surface area contributed by atoms with Gasteiger partial charge in [0, 0.05) is 18.8 Å². The molecular formula is C13H20N2. The van der Waals surface area contributed by atoms with Gasteiger partial charge in [-0.15, -0.1) is 0 Å². The predicted molar refractivity (Wildman–Crippen MR) is 65.1 cm³/mol. The van der Waals surface area contributed by atoms with Crippen LogP contribution >= 0.6 is 0 Å². The van der Waals surface area contributed by atoms with Gasteiger partial charge in [-0.2, -0.15) is 0 Å². The number of hydrogen-bond acceptors (Lipinski definition) is 2. The van der Waals surface area contributed by atoms with Crippen molar-refractivity contribution in [2.75, 3.05) is 25.0 Å². The maximum atomic E-state index is 3.51. The second-order valence-electron chi connectivity index (χ2n) is 4.81. The second kappa shape index (κ2) is 4.67. The smallest absolute Gasteiger partial charge is 0.0340 e. The van der Waals surface area contributed by atoms with E-state index in [1.165, 1.54) is 25.1 Å². The van der Waals surface area contributed by atoms with Gasteiger partial charge in [0.05, 0.1) is 0 Å². The highest BCUT2D eigenvalue weighted by atomic mass is 14.9. The highest BCUT2D eigenvalue weighted by Gasteiger charge is 2.26. The lowest BCUT2D eigenvalue weighted by molar-refractivity contribution is 0.253. The van der Waals surface area contributed by atoms with Crippen LogP contribution < -0.4 is 10.6 Å². The van der Waals surface area contributed by atoms with Crippen LogP contribution in [0.2, 0.25) is 0 Å². The van der Waals surface area contributed by atoms with Gasteiger partial charge in [-0.05, 0) is 36.9 Å². The van der Waals surface area contributed by atoms with Crippen molar-refractivity contribution in [3.63, 3.8) is 0 Å². The normalized spacial score (nSPS) is 26.2. The van der Waals surface area contributed by atoms with E-state index in [-0.39, 0.29) is 0 Å². The summed E-state index contributed by atoms with van der Waals surface area (Å²) in [7, 11) is 0. The van der Waals surface area contributed by atoms with E-state index in [9.17, 15) is 0 Å². The monoisotopic (exact) mass is 204 g/mol. The highest BCUT2D eigenvalue weighted by molar-refractivity contribution is 5.42. The summed E-state index contributed by atoms with van der Waals surface area (Å²) in [6.45, 7) is 5.73. The molecule has 0 amide bonds. The van der Waals surface area contributed by atoms with E-state index in [1.54, 1.807) is 0 Å². The zero-order valence-electron chi connectivity index (χ0n) is 9.42. The molecule has 0 radical (unpaired) electrons. The molecule has 2 heteroatoms. The van der Waals surface area contributed by atoms with Crippen molar-refractivity contribution in [2.45, 2.75) is 19.8 Å². The average Bonchev–Trinajstić information content (AvgIpc) is 2.29. The first-order valence-electron chi connectivity index (χ1n) is 5.78. The fourth-order valence-corrected chi connectivity index (χ4v) is 2.14. The van der Waals surface area contributed by atoms with E-state index >= 15 is 0 Å². The Hall–Kier alpha value is -1.02. The Morgan fingerprint density at radius 3 is 2.80 bits per heavy atom. The van der Waals surface area contributed by atoms with Crippen molar-refractivity contribution in [3.05, 3.63) is 30.3 Å². The first-order valence-corrected chi connectivity index (χ1v) is 5.78. The third-order valence-electron chi connectivity index (χ3n) is 3.18. The van der Waals surface area contributed by atoms with Gasteiger partial charge < -0.3 is 10.6 Å². The molecule has 0 spiro atoms. The number of rotatable bonds is 3. The zero-order chi connectivity index (χ0) is 10.6. The third-order valence-corrected chi connectivity index (χ3v) is 3.18. The summed E-state index contributed by atoms with van der Waals surface area (Å²) in [5.41, 5.74) is 1.64. The summed E-state index contributed by atoms with van der Waals surface area (Å²) >= 11 is 0. The fourth-order valence-electron chi connectivity index (χ4n) is 2.14. The molecule has 1 aromatic rings. The maximum Gasteiger partial charge on any atom is 0.0340 e. The minimum absolute atomic E-state index is 0.411. The number of piperidine rings is 1. The van der Waals surface area contributed by atoms with Crippen LogP contribution in [0.15, 0.2) is 30.3 Å². The molecule has 0 saturated carbocycles. The summed E-state index contributed by atoms with van der Waals surface area (Å²) < 4.78 is 0. The number of hydrogen-bond donors (Lipinski definition) is 2. The molecule has 1 heterocycles. The van der Waals surface area contributed by atoms with Crippen LogP contribution in [0.3, 0.4) is 0 Å². The van der Waals surface area contributed by atoms with Gasteiger partial charge in [0.25, 0.3) is 0 Å². The molecule has 1 aliphatic rings. The van der Waals surface area contributed by atoms with E-state index in [0.717, 1.165) is 13.1 Å². The van der Waals surface area contributed by atoms with Crippen LogP contribution in [-0.2, 0) is 0 Å². The van der Waals surface area contributed by atoms with Gasteiger partial charge in [0.1, 0.15) is 0 Å². The zero-order valence-corrected chi connectivity index (χ0v) is 9.42. The molecule has 1 aliphatic heterocycles. The highest BCUT2D eigenvalue weighted by Crippen LogP contribution is 2.25. The summed E-state index contributed by atoms with van der Waals surface area (Å²) in [6.07, 6.45) is 2.62. The first-order chi connectivity index (χ1) is 7.29. The number of benzene rings is 1. The lowest BCUT2D eigenvalue weighted by Gasteiger charge is -2.34. The van der Waals surface area contributed by atoms with Crippen molar-refractivity contribution in [2.24, 2.45) is 5.41 Å². The SMILES string of the molecule is CC1(CNc2ccccc2)CCCNC1. The minimum atomic E-state index is 0.411. The van der Waals surface area contributed by atoms with Crippen molar-refractivity contribution in [1.29, 1.82) is 0 Å². The van der Waals surface area contributed by atoms with Crippen molar-refractivity contribution < 1.29 is 0 Å². The van der Waals surface area contributed by atoms with Crippen LogP contribution in [-0.4, -0.2) is 19.6 Å². The first kappa shape index (κ1) is 10.5. The van der Waals surface area contributed by atoms with E-state index < -0.39 is 0 Å². The van der Waals surface area contributed by atoms with E-state index in [0.29, 0.717) is 5.41 Å².